The van der Waals surface area contributed by atoms with Gasteiger partial charge in [-0.25, -0.2) is 9.18 Å². The first-order chi connectivity index (χ1) is 18.7. The zero-order valence-corrected chi connectivity index (χ0v) is 22.9. The standard InChI is InChI=1S/C26H20BrFN2O8S/c1-35-20-9-14(18(27)11-21(20)37-13-23(31)29-16-5-3-15(28)4-6-16)10-22-24(32)30(26(34)39-22)12-17-7-8-19(38-17)25(33)36-2/h3-11H,12-13H2,1-2H3,(H,29,31)/b22-10+. The van der Waals surface area contributed by atoms with Gasteiger partial charge in [-0.2, -0.15) is 0 Å². The van der Waals surface area contributed by atoms with Crippen LogP contribution in [0.25, 0.3) is 6.08 Å². The van der Waals surface area contributed by atoms with E-state index in [1.807, 2.05) is 0 Å². The molecule has 3 aromatic rings. The Bertz CT molecular complexity index is 1470. The number of furan rings is 1. The fourth-order valence-electron chi connectivity index (χ4n) is 3.41. The molecule has 1 N–H and O–H groups in total. The van der Waals surface area contributed by atoms with Gasteiger partial charge in [-0.15, -0.1) is 0 Å². The average molecular weight is 619 g/mol. The van der Waals surface area contributed by atoms with Crippen molar-refractivity contribution < 1.29 is 42.2 Å². The molecule has 0 radical (unpaired) electrons. The molecule has 13 heteroatoms. The minimum atomic E-state index is -0.671. The summed E-state index contributed by atoms with van der Waals surface area (Å²) in [7, 11) is 2.63. The summed E-state index contributed by atoms with van der Waals surface area (Å²) in [6.45, 7) is -0.501. The fraction of sp³-hybridized carbons (Fsp3) is 0.154. The van der Waals surface area contributed by atoms with Crippen molar-refractivity contribution in [3.05, 3.63) is 80.8 Å². The molecule has 1 aliphatic heterocycles. The minimum Gasteiger partial charge on any atom is -0.493 e. The third-order valence-corrected chi connectivity index (χ3v) is 6.89. The van der Waals surface area contributed by atoms with Crippen molar-refractivity contribution in [2.75, 3.05) is 26.1 Å². The number of carbonyl (C=O) groups is 4. The van der Waals surface area contributed by atoms with Crippen LogP contribution in [0.5, 0.6) is 11.5 Å². The monoisotopic (exact) mass is 618 g/mol. The van der Waals surface area contributed by atoms with Gasteiger partial charge in [0, 0.05) is 10.2 Å². The maximum atomic E-state index is 13.0. The zero-order valence-electron chi connectivity index (χ0n) is 20.5. The molecule has 0 atom stereocenters. The lowest BCUT2D eigenvalue weighted by atomic mass is 10.2. The Morgan fingerprint density at radius 3 is 2.54 bits per heavy atom. The second kappa shape index (κ2) is 12.2. The van der Waals surface area contributed by atoms with Crippen LogP contribution in [0.4, 0.5) is 14.9 Å². The lowest BCUT2D eigenvalue weighted by Gasteiger charge is -2.13. The van der Waals surface area contributed by atoms with Crippen molar-refractivity contribution in [3.8, 4) is 11.5 Å². The van der Waals surface area contributed by atoms with Gasteiger partial charge in [0.1, 0.15) is 11.6 Å². The third kappa shape index (κ3) is 6.67. The molecule has 1 fully saturated rings. The number of methoxy groups -OCH3 is 2. The van der Waals surface area contributed by atoms with Gasteiger partial charge in [-0.1, -0.05) is 15.9 Å². The Morgan fingerprint density at radius 1 is 1.10 bits per heavy atom. The van der Waals surface area contributed by atoms with Gasteiger partial charge in [0.05, 0.1) is 25.7 Å². The van der Waals surface area contributed by atoms with Crippen LogP contribution >= 0.6 is 27.7 Å². The Labute approximate surface area is 234 Å². The van der Waals surface area contributed by atoms with E-state index in [-0.39, 0.29) is 41.1 Å². The largest absolute Gasteiger partial charge is 0.493 e. The molecule has 10 nitrogen and oxygen atoms in total. The highest BCUT2D eigenvalue weighted by molar-refractivity contribution is 9.10. The number of hydrogen-bond acceptors (Lipinski definition) is 9. The number of esters is 1. The Hall–Kier alpha value is -4.10. The fourth-order valence-corrected chi connectivity index (χ4v) is 4.68. The van der Waals surface area contributed by atoms with Crippen LogP contribution < -0.4 is 14.8 Å². The molecule has 0 unspecified atom stereocenters. The number of anilines is 1. The van der Waals surface area contributed by atoms with E-state index < -0.39 is 28.8 Å². The molecule has 0 bridgehead atoms. The second-order valence-electron chi connectivity index (χ2n) is 7.89. The second-order valence-corrected chi connectivity index (χ2v) is 9.74. The van der Waals surface area contributed by atoms with Crippen molar-refractivity contribution in [3.63, 3.8) is 0 Å². The van der Waals surface area contributed by atoms with Crippen molar-refractivity contribution in [1.29, 1.82) is 0 Å². The number of imide groups is 1. The Kier molecular flexibility index (Phi) is 8.72. The summed E-state index contributed by atoms with van der Waals surface area (Å²) in [6, 6.07) is 11.3. The normalized spacial score (nSPS) is 14.1. The molecule has 3 amide bonds. The molecule has 0 spiro atoms. The van der Waals surface area contributed by atoms with Crippen LogP contribution in [0.15, 0.2) is 62.3 Å². The molecule has 0 aliphatic carbocycles. The van der Waals surface area contributed by atoms with Gasteiger partial charge >= 0.3 is 5.97 Å². The number of hydrogen-bond donors (Lipinski definition) is 1. The number of halogens is 2. The van der Waals surface area contributed by atoms with E-state index in [0.29, 0.717) is 15.7 Å². The number of rotatable bonds is 9. The third-order valence-electron chi connectivity index (χ3n) is 5.29. The van der Waals surface area contributed by atoms with Crippen LogP contribution in [0.1, 0.15) is 21.9 Å². The maximum absolute atomic E-state index is 13.0. The number of amides is 3. The first-order valence-electron chi connectivity index (χ1n) is 11.2. The van der Waals surface area contributed by atoms with E-state index >= 15 is 0 Å². The first-order valence-corrected chi connectivity index (χ1v) is 12.8. The molecule has 2 heterocycles. The number of nitrogens with one attached hydrogen (secondary N) is 1. The van der Waals surface area contributed by atoms with E-state index in [9.17, 15) is 23.6 Å². The SMILES string of the molecule is COC(=O)c1ccc(CN2C(=O)S/C(=C/c3cc(OC)c(OCC(=O)Nc4ccc(F)cc4)cc3Br)C2=O)o1. The maximum Gasteiger partial charge on any atom is 0.373 e. The van der Waals surface area contributed by atoms with Gasteiger partial charge in [-0.05, 0) is 71.9 Å². The number of benzene rings is 2. The molecule has 1 aromatic heterocycles. The molecular formula is C26H20BrFN2O8S. The quantitative estimate of drug-likeness (QED) is 0.253. The predicted molar refractivity (Wildman–Crippen MR) is 143 cm³/mol. The minimum absolute atomic E-state index is 0.0405. The van der Waals surface area contributed by atoms with Crippen molar-refractivity contribution in [1.82, 2.24) is 4.90 Å². The lowest BCUT2D eigenvalue weighted by molar-refractivity contribution is -0.123. The highest BCUT2D eigenvalue weighted by Crippen LogP contribution is 2.38. The van der Waals surface area contributed by atoms with E-state index in [1.165, 1.54) is 56.7 Å². The van der Waals surface area contributed by atoms with Gasteiger partial charge in [-0.3, -0.25) is 19.3 Å². The van der Waals surface area contributed by atoms with Crippen LogP contribution in [-0.2, 0) is 20.9 Å². The van der Waals surface area contributed by atoms with Gasteiger partial charge in [0.25, 0.3) is 17.1 Å². The van der Waals surface area contributed by atoms with Gasteiger partial charge in [0.15, 0.2) is 18.1 Å². The molecule has 2 aromatic carbocycles. The number of thioether (sulfide) groups is 1. The lowest BCUT2D eigenvalue weighted by Crippen LogP contribution is -2.27. The summed E-state index contributed by atoms with van der Waals surface area (Å²) in [6.07, 6.45) is 1.52. The van der Waals surface area contributed by atoms with Gasteiger partial charge in [0.2, 0.25) is 5.76 Å². The van der Waals surface area contributed by atoms with Crippen molar-refractivity contribution in [2.24, 2.45) is 0 Å². The Balaban J connectivity index is 1.45. The summed E-state index contributed by atoms with van der Waals surface area (Å²) in [4.78, 5) is 50.4. The summed E-state index contributed by atoms with van der Waals surface area (Å²) < 4.78 is 34.5. The van der Waals surface area contributed by atoms with E-state index in [2.05, 4.69) is 26.0 Å². The van der Waals surface area contributed by atoms with Crippen LogP contribution in [-0.4, -0.2) is 48.7 Å². The Morgan fingerprint density at radius 2 is 1.85 bits per heavy atom. The number of ether oxygens (including phenoxy) is 3. The summed E-state index contributed by atoms with van der Waals surface area (Å²) >= 11 is 4.17. The van der Waals surface area contributed by atoms with E-state index in [0.717, 1.165) is 16.7 Å². The van der Waals surface area contributed by atoms with Crippen LogP contribution in [0.3, 0.4) is 0 Å². The number of carbonyl (C=O) groups excluding carboxylic acids is 4. The van der Waals surface area contributed by atoms with Crippen molar-refractivity contribution >= 4 is 62.5 Å². The van der Waals surface area contributed by atoms with Crippen molar-refractivity contribution in [2.45, 2.75) is 6.54 Å². The predicted octanol–water partition coefficient (Wildman–Crippen LogP) is 5.23. The molecule has 1 aliphatic rings. The number of nitrogens with zero attached hydrogens (tertiary/aromatic N) is 1. The molecule has 202 valence electrons. The topological polar surface area (TPSA) is 124 Å². The molecular weight excluding hydrogens is 599 g/mol. The van der Waals surface area contributed by atoms with Gasteiger partial charge < -0.3 is 23.9 Å². The molecule has 0 saturated carbocycles. The highest BCUT2D eigenvalue weighted by Gasteiger charge is 2.36. The van der Waals surface area contributed by atoms with Crippen LogP contribution in [0, 0.1) is 5.82 Å². The highest BCUT2D eigenvalue weighted by atomic mass is 79.9. The first kappa shape index (κ1) is 27.9. The van der Waals surface area contributed by atoms with Crippen LogP contribution in [0.2, 0.25) is 0 Å². The summed E-state index contributed by atoms with van der Waals surface area (Å²) in [5, 5.41) is 2.09. The molecule has 1 saturated heterocycles. The summed E-state index contributed by atoms with van der Waals surface area (Å²) in [5.41, 5.74) is 0.935. The zero-order chi connectivity index (χ0) is 28.1. The molecule has 39 heavy (non-hydrogen) atoms. The molecule has 4 rings (SSSR count). The average Bonchev–Trinajstić information content (AvgIpc) is 3.49. The van der Waals surface area contributed by atoms with E-state index in [4.69, 9.17) is 13.9 Å². The van der Waals surface area contributed by atoms with E-state index in [1.54, 1.807) is 12.1 Å². The summed E-state index contributed by atoms with van der Waals surface area (Å²) in [5.74, 6) is -1.36. The smallest absolute Gasteiger partial charge is 0.373 e.